The molecule has 170 valence electrons. The summed E-state index contributed by atoms with van der Waals surface area (Å²) < 4.78 is 0. The number of anilines is 1. The zero-order valence-corrected chi connectivity index (χ0v) is 18.9. The molecule has 1 fully saturated rings. The molecule has 34 heavy (non-hydrogen) atoms. The van der Waals surface area contributed by atoms with E-state index in [9.17, 15) is 10.1 Å². The Morgan fingerprint density at radius 3 is 2.82 bits per heavy atom. The number of allylic oxidation sites excluding steroid dienone is 1. The highest BCUT2D eigenvalue weighted by atomic mass is 16.1. The standard InChI is InChI=1S/C24H23N9O/c1-16(2)31-23(34)20-12-29-21(13-28-20)32-14-24(15-32,6-7-25)33-10-5-17(11-30-33)18-3-8-26-22-19(18)4-9-27-22/h3-4,8-13,16H,6,14-15H2,1-2H3,(H,26,27)(H,31,34). The molecule has 0 bridgehead atoms. The molecule has 0 aromatic carbocycles. The van der Waals surface area contributed by atoms with Crippen LogP contribution in [0.5, 0.6) is 0 Å². The van der Waals surface area contributed by atoms with Crippen LogP contribution in [0.25, 0.3) is 16.6 Å². The van der Waals surface area contributed by atoms with Crippen molar-refractivity contribution in [3.63, 3.8) is 0 Å². The van der Waals surface area contributed by atoms with E-state index in [4.69, 9.17) is 0 Å². The van der Waals surface area contributed by atoms with Crippen molar-refractivity contribution in [3.8, 4) is 6.07 Å². The predicted octanol–water partition coefficient (Wildman–Crippen LogP) is 2.46. The second-order valence-electron chi connectivity index (χ2n) is 8.68. The molecule has 2 aliphatic heterocycles. The number of hydrazone groups is 1. The maximum Gasteiger partial charge on any atom is 0.271 e. The quantitative estimate of drug-likeness (QED) is 0.549. The molecule has 0 saturated carbocycles. The van der Waals surface area contributed by atoms with E-state index in [2.05, 4.69) is 42.2 Å². The summed E-state index contributed by atoms with van der Waals surface area (Å²) in [5.41, 5.74) is 5.76. The van der Waals surface area contributed by atoms with Gasteiger partial charge in [0.2, 0.25) is 0 Å². The van der Waals surface area contributed by atoms with E-state index in [-0.39, 0.29) is 17.6 Å². The minimum atomic E-state index is -0.485. The third-order valence-corrected chi connectivity index (χ3v) is 5.88. The minimum absolute atomic E-state index is 0.0243. The molecule has 5 rings (SSSR count). The topological polar surface area (TPSA) is 126 Å². The number of aromatic amines is 1. The third kappa shape index (κ3) is 3.78. The van der Waals surface area contributed by atoms with Gasteiger partial charge in [0, 0.05) is 48.0 Å². The molecule has 0 radical (unpaired) electrons. The van der Waals surface area contributed by atoms with Crippen LogP contribution in [0.1, 0.15) is 36.3 Å². The number of H-pyrrole nitrogens is 1. The monoisotopic (exact) mass is 453 g/mol. The number of nitrogens with one attached hydrogen (secondary N) is 2. The smallest absolute Gasteiger partial charge is 0.271 e. The van der Waals surface area contributed by atoms with Crippen LogP contribution >= 0.6 is 0 Å². The SMILES string of the molecule is CC(C)NC(=O)c1cnc(N2CC(CC#N)(N3C=C=C(c4ccnc5[nH]ccc45)C=N3)C2)cn1. The first-order valence-electron chi connectivity index (χ1n) is 11.0. The van der Waals surface area contributed by atoms with Crippen molar-refractivity contribution in [2.24, 2.45) is 5.10 Å². The first-order valence-corrected chi connectivity index (χ1v) is 11.0. The van der Waals surface area contributed by atoms with Gasteiger partial charge in [0.25, 0.3) is 5.91 Å². The van der Waals surface area contributed by atoms with Gasteiger partial charge in [-0.15, -0.1) is 0 Å². The van der Waals surface area contributed by atoms with Gasteiger partial charge in [0.1, 0.15) is 22.7 Å². The van der Waals surface area contributed by atoms with Gasteiger partial charge in [-0.2, -0.15) is 10.4 Å². The maximum atomic E-state index is 12.1. The summed E-state index contributed by atoms with van der Waals surface area (Å²) in [4.78, 5) is 30.2. The summed E-state index contributed by atoms with van der Waals surface area (Å²) in [6.45, 7) is 4.88. The van der Waals surface area contributed by atoms with E-state index < -0.39 is 5.54 Å². The Morgan fingerprint density at radius 2 is 2.15 bits per heavy atom. The summed E-state index contributed by atoms with van der Waals surface area (Å²) in [7, 11) is 0. The Balaban J connectivity index is 1.33. The first-order chi connectivity index (χ1) is 16.5. The minimum Gasteiger partial charge on any atom is -0.350 e. The van der Waals surface area contributed by atoms with Crippen LogP contribution in [0, 0.1) is 11.3 Å². The Bertz CT molecular complexity index is 1370. The van der Waals surface area contributed by atoms with Crippen molar-refractivity contribution >= 4 is 34.5 Å². The fourth-order valence-corrected chi connectivity index (χ4v) is 4.17. The van der Waals surface area contributed by atoms with Gasteiger partial charge >= 0.3 is 0 Å². The van der Waals surface area contributed by atoms with E-state index in [0.29, 0.717) is 25.3 Å². The van der Waals surface area contributed by atoms with Crippen molar-refractivity contribution in [1.82, 2.24) is 30.3 Å². The van der Waals surface area contributed by atoms with Crippen molar-refractivity contribution in [2.45, 2.75) is 31.8 Å². The molecule has 2 N–H and O–H groups in total. The van der Waals surface area contributed by atoms with E-state index in [1.165, 1.54) is 6.20 Å². The predicted molar refractivity (Wildman–Crippen MR) is 128 cm³/mol. The average Bonchev–Trinajstić information content (AvgIpc) is 3.30. The summed E-state index contributed by atoms with van der Waals surface area (Å²) in [6, 6.07) is 6.23. The van der Waals surface area contributed by atoms with E-state index >= 15 is 0 Å². The molecule has 0 unspecified atom stereocenters. The Hall–Kier alpha value is -4.48. The van der Waals surface area contributed by atoms with Crippen LogP contribution in [0.4, 0.5) is 5.82 Å². The molecule has 5 heterocycles. The second-order valence-corrected chi connectivity index (χ2v) is 8.68. The fourth-order valence-electron chi connectivity index (χ4n) is 4.17. The number of hydrogen-bond donors (Lipinski definition) is 2. The number of aromatic nitrogens is 4. The highest BCUT2D eigenvalue weighted by Gasteiger charge is 2.48. The van der Waals surface area contributed by atoms with Gasteiger partial charge in [-0.05, 0) is 26.0 Å². The number of carbonyl (C=O) groups is 1. The average molecular weight is 454 g/mol. The number of hydrogen-bond acceptors (Lipinski definition) is 8. The Kier molecular flexibility index (Phi) is 5.32. The zero-order chi connectivity index (χ0) is 23.7. The molecule has 3 aromatic heterocycles. The van der Waals surface area contributed by atoms with Crippen LogP contribution in [0.15, 0.2) is 54.0 Å². The molecule has 1 saturated heterocycles. The van der Waals surface area contributed by atoms with Crippen LogP contribution in [-0.2, 0) is 0 Å². The summed E-state index contributed by atoms with van der Waals surface area (Å²) in [6.07, 6.45) is 10.5. The Morgan fingerprint density at radius 1 is 1.29 bits per heavy atom. The molecule has 0 spiro atoms. The molecule has 0 atom stereocenters. The summed E-state index contributed by atoms with van der Waals surface area (Å²) >= 11 is 0. The highest BCUT2D eigenvalue weighted by molar-refractivity contribution is 6.14. The van der Waals surface area contributed by atoms with Crippen molar-refractivity contribution in [1.29, 1.82) is 5.26 Å². The van der Waals surface area contributed by atoms with E-state index in [1.54, 1.807) is 24.8 Å². The summed E-state index contributed by atoms with van der Waals surface area (Å²) in [5, 5.41) is 19.7. The van der Waals surface area contributed by atoms with Gasteiger partial charge in [-0.1, -0.05) is 5.73 Å². The number of fused-ring (bicyclic) bond motifs is 1. The fraction of sp³-hybridized carbons (Fsp3) is 0.292. The third-order valence-electron chi connectivity index (χ3n) is 5.88. The molecular formula is C24H23N9O. The van der Waals surface area contributed by atoms with Gasteiger partial charge in [0.05, 0.1) is 37.3 Å². The molecule has 1 amide bonds. The number of amides is 1. The molecule has 10 heteroatoms. The lowest BCUT2D eigenvalue weighted by Crippen LogP contribution is -2.68. The molecular weight excluding hydrogens is 430 g/mol. The van der Waals surface area contributed by atoms with Gasteiger partial charge in [0.15, 0.2) is 0 Å². The van der Waals surface area contributed by atoms with Gasteiger partial charge < -0.3 is 15.2 Å². The van der Waals surface area contributed by atoms with E-state index in [1.807, 2.05) is 42.1 Å². The second kappa shape index (κ2) is 8.46. The van der Waals surface area contributed by atoms with Crippen molar-refractivity contribution in [3.05, 3.63) is 60.1 Å². The number of carbonyl (C=O) groups excluding carboxylic acids is 1. The van der Waals surface area contributed by atoms with Crippen molar-refractivity contribution in [2.75, 3.05) is 18.0 Å². The Labute approximate surface area is 196 Å². The van der Waals surface area contributed by atoms with Crippen LogP contribution in [-0.4, -0.2) is 61.7 Å². The van der Waals surface area contributed by atoms with Crippen LogP contribution < -0.4 is 10.2 Å². The molecule has 10 nitrogen and oxygen atoms in total. The number of rotatable bonds is 6. The summed E-state index contributed by atoms with van der Waals surface area (Å²) in [5.74, 6) is 0.403. The largest absolute Gasteiger partial charge is 0.350 e. The van der Waals surface area contributed by atoms with Crippen molar-refractivity contribution < 1.29 is 4.79 Å². The lowest BCUT2D eigenvalue weighted by molar-refractivity contribution is 0.0937. The molecule has 2 aliphatic rings. The number of nitrogens with zero attached hydrogens (tertiary/aromatic N) is 7. The van der Waals surface area contributed by atoms with E-state index in [0.717, 1.165) is 22.2 Å². The van der Waals surface area contributed by atoms with Gasteiger partial charge in [-0.3, -0.25) is 9.80 Å². The number of pyridine rings is 1. The van der Waals surface area contributed by atoms with Crippen LogP contribution in [0.2, 0.25) is 0 Å². The molecule has 0 aliphatic carbocycles. The highest BCUT2D eigenvalue weighted by Crippen LogP contribution is 2.35. The lowest BCUT2D eigenvalue weighted by atomic mass is 9.86. The zero-order valence-electron chi connectivity index (χ0n) is 18.9. The first kappa shape index (κ1) is 21.4. The molecule has 3 aromatic rings. The van der Waals surface area contributed by atoms with Crippen LogP contribution in [0.3, 0.4) is 0 Å². The maximum absolute atomic E-state index is 12.1. The van der Waals surface area contributed by atoms with Gasteiger partial charge in [-0.25, -0.2) is 15.0 Å². The number of nitriles is 1. The normalized spacial score (nSPS) is 16.4. The lowest BCUT2D eigenvalue weighted by Gasteiger charge is -2.53.